The molecule has 1 atom stereocenters. The molecule has 0 unspecified atom stereocenters. The zero-order valence-corrected chi connectivity index (χ0v) is 18.6. The minimum absolute atomic E-state index is 0.0203. The van der Waals surface area contributed by atoms with E-state index in [4.69, 9.17) is 14.2 Å². The van der Waals surface area contributed by atoms with Crippen LogP contribution in [0.5, 0.6) is 17.2 Å². The van der Waals surface area contributed by atoms with Crippen LogP contribution in [0.15, 0.2) is 23.6 Å². The highest BCUT2D eigenvalue weighted by Gasteiger charge is 2.36. The Bertz CT molecular complexity index is 973. The maximum absolute atomic E-state index is 13.5. The summed E-state index contributed by atoms with van der Waals surface area (Å²) in [5, 5.41) is 1.97. The van der Waals surface area contributed by atoms with Crippen molar-refractivity contribution in [2.45, 2.75) is 25.9 Å². The molecule has 158 valence electrons. The monoisotopic (exact) mass is 439 g/mol. The van der Waals surface area contributed by atoms with E-state index in [9.17, 15) is 13.2 Å². The summed E-state index contributed by atoms with van der Waals surface area (Å²) < 4.78 is 40.2. The minimum atomic E-state index is -3.14. The van der Waals surface area contributed by atoms with Gasteiger partial charge in [-0.2, -0.15) is 0 Å². The highest BCUT2D eigenvalue weighted by Crippen LogP contribution is 2.39. The van der Waals surface area contributed by atoms with Crippen molar-refractivity contribution in [3.8, 4) is 17.2 Å². The number of benzene rings is 1. The van der Waals surface area contributed by atoms with Crippen molar-refractivity contribution < 1.29 is 27.4 Å². The predicted molar refractivity (Wildman–Crippen MR) is 112 cm³/mol. The quantitative estimate of drug-likeness (QED) is 0.660. The van der Waals surface area contributed by atoms with Gasteiger partial charge in [0.15, 0.2) is 21.3 Å². The number of hydrogen-bond donors (Lipinski definition) is 0. The van der Waals surface area contributed by atoms with E-state index in [1.807, 2.05) is 18.4 Å². The molecule has 0 radical (unpaired) electrons. The van der Waals surface area contributed by atoms with Crippen LogP contribution in [0.1, 0.15) is 27.2 Å². The van der Waals surface area contributed by atoms with E-state index in [0.717, 1.165) is 10.4 Å². The zero-order chi connectivity index (χ0) is 21.2. The maximum atomic E-state index is 13.5. The van der Waals surface area contributed by atoms with E-state index in [-0.39, 0.29) is 23.5 Å². The van der Waals surface area contributed by atoms with Gasteiger partial charge in [0.05, 0.1) is 39.4 Å². The van der Waals surface area contributed by atoms with Gasteiger partial charge >= 0.3 is 0 Å². The number of aryl methyl sites for hydroxylation is 1. The van der Waals surface area contributed by atoms with Gasteiger partial charge in [-0.05, 0) is 42.5 Å². The van der Waals surface area contributed by atoms with Crippen molar-refractivity contribution in [2.75, 3.05) is 32.8 Å². The minimum Gasteiger partial charge on any atom is -0.493 e. The lowest BCUT2D eigenvalue weighted by molar-refractivity contribution is 0.0682. The van der Waals surface area contributed by atoms with E-state index in [1.54, 1.807) is 28.4 Å². The van der Waals surface area contributed by atoms with Crippen molar-refractivity contribution in [1.29, 1.82) is 0 Å². The summed E-state index contributed by atoms with van der Waals surface area (Å²) in [5.74, 6) is 0.964. The molecule has 2 aromatic rings. The standard InChI is InChI=1S/C20H25NO6S2/c1-13-5-7-28-18(13)11-21(15-6-8-29(23,24)12-15)20(22)14-9-16(25-2)19(27-4)17(10-14)26-3/h5,7,9-10,15H,6,8,11-12H2,1-4H3/t15-/m0/s1. The Kier molecular flexibility index (Phi) is 6.38. The van der Waals surface area contributed by atoms with Crippen molar-refractivity contribution in [3.05, 3.63) is 39.6 Å². The molecule has 0 bridgehead atoms. The summed E-state index contributed by atoms with van der Waals surface area (Å²) in [6.45, 7) is 2.35. The molecule has 1 aliphatic rings. The molecule has 0 aliphatic carbocycles. The first-order chi connectivity index (χ1) is 13.8. The summed E-state index contributed by atoms with van der Waals surface area (Å²) >= 11 is 1.56. The van der Waals surface area contributed by atoms with E-state index in [2.05, 4.69) is 0 Å². The van der Waals surface area contributed by atoms with Crippen LogP contribution < -0.4 is 14.2 Å². The van der Waals surface area contributed by atoms with Gasteiger partial charge in [0.25, 0.3) is 5.91 Å². The molecule has 29 heavy (non-hydrogen) atoms. The zero-order valence-electron chi connectivity index (χ0n) is 16.9. The van der Waals surface area contributed by atoms with Gasteiger partial charge < -0.3 is 19.1 Å². The van der Waals surface area contributed by atoms with Crippen LogP contribution in [0.25, 0.3) is 0 Å². The van der Waals surface area contributed by atoms with Crippen LogP contribution in [0, 0.1) is 6.92 Å². The Hall–Kier alpha value is -2.26. The molecule has 0 spiro atoms. The van der Waals surface area contributed by atoms with Crippen LogP contribution in [0.4, 0.5) is 0 Å². The Labute approximate surface area is 175 Å². The topological polar surface area (TPSA) is 82.1 Å². The number of hydrogen-bond acceptors (Lipinski definition) is 7. The number of sulfone groups is 1. The largest absolute Gasteiger partial charge is 0.493 e. The molecule has 1 aromatic carbocycles. The smallest absolute Gasteiger partial charge is 0.254 e. The van der Waals surface area contributed by atoms with Crippen molar-refractivity contribution >= 4 is 27.1 Å². The SMILES string of the molecule is COc1cc(C(=O)N(Cc2sccc2C)[C@H]2CCS(=O)(=O)C2)cc(OC)c1OC. The normalized spacial score (nSPS) is 17.7. The first-order valence-corrected chi connectivity index (χ1v) is 11.8. The van der Waals surface area contributed by atoms with E-state index >= 15 is 0 Å². The van der Waals surface area contributed by atoms with Crippen LogP contribution in [0.2, 0.25) is 0 Å². The fourth-order valence-electron chi connectivity index (χ4n) is 3.48. The Morgan fingerprint density at radius 2 is 1.83 bits per heavy atom. The summed E-state index contributed by atoms with van der Waals surface area (Å²) in [5.41, 5.74) is 1.44. The summed E-state index contributed by atoms with van der Waals surface area (Å²) in [4.78, 5) is 16.2. The van der Waals surface area contributed by atoms with E-state index in [0.29, 0.717) is 35.8 Å². The maximum Gasteiger partial charge on any atom is 0.254 e. The molecule has 1 fully saturated rings. The molecular formula is C20H25NO6S2. The molecule has 7 nitrogen and oxygen atoms in total. The van der Waals surface area contributed by atoms with E-state index < -0.39 is 9.84 Å². The second-order valence-corrected chi connectivity index (χ2v) is 10.2. The first-order valence-electron chi connectivity index (χ1n) is 9.14. The number of ether oxygens (including phenoxy) is 3. The van der Waals surface area contributed by atoms with Gasteiger partial charge in [0.1, 0.15) is 0 Å². The molecule has 0 saturated carbocycles. The number of carbonyl (C=O) groups is 1. The highest BCUT2D eigenvalue weighted by molar-refractivity contribution is 7.91. The van der Waals surface area contributed by atoms with Gasteiger partial charge in [-0.25, -0.2) is 8.42 Å². The molecule has 1 aliphatic heterocycles. The van der Waals surface area contributed by atoms with Crippen molar-refractivity contribution in [3.63, 3.8) is 0 Å². The third-order valence-electron chi connectivity index (χ3n) is 5.10. The fourth-order valence-corrected chi connectivity index (χ4v) is 6.11. The number of methoxy groups -OCH3 is 3. The van der Waals surface area contributed by atoms with Gasteiger partial charge in [-0.1, -0.05) is 0 Å². The highest BCUT2D eigenvalue weighted by atomic mass is 32.2. The van der Waals surface area contributed by atoms with E-state index in [1.165, 1.54) is 21.3 Å². The van der Waals surface area contributed by atoms with Crippen molar-refractivity contribution in [1.82, 2.24) is 4.90 Å². The Morgan fingerprint density at radius 3 is 2.28 bits per heavy atom. The average Bonchev–Trinajstić information content (AvgIpc) is 3.28. The number of rotatable bonds is 7. The second-order valence-electron chi connectivity index (χ2n) is 6.93. The van der Waals surface area contributed by atoms with Gasteiger partial charge in [0.2, 0.25) is 5.75 Å². The third kappa shape index (κ3) is 4.51. The Balaban J connectivity index is 2.01. The lowest BCUT2D eigenvalue weighted by Gasteiger charge is -2.29. The van der Waals surface area contributed by atoms with Crippen LogP contribution in [0.3, 0.4) is 0 Å². The first kappa shape index (κ1) is 21.4. The molecule has 1 saturated heterocycles. The van der Waals surface area contributed by atoms with Crippen LogP contribution in [-0.4, -0.2) is 58.1 Å². The summed E-state index contributed by atoms with van der Waals surface area (Å²) in [7, 11) is 1.33. The molecule has 1 amide bonds. The molecule has 9 heteroatoms. The van der Waals surface area contributed by atoms with Crippen LogP contribution in [-0.2, 0) is 16.4 Å². The molecule has 0 N–H and O–H groups in total. The number of carbonyl (C=O) groups excluding carboxylic acids is 1. The lowest BCUT2D eigenvalue weighted by Crippen LogP contribution is -2.40. The van der Waals surface area contributed by atoms with Crippen molar-refractivity contribution in [2.24, 2.45) is 0 Å². The molecular weight excluding hydrogens is 414 g/mol. The molecule has 3 rings (SSSR count). The number of amides is 1. The Morgan fingerprint density at radius 1 is 1.17 bits per heavy atom. The number of thiophene rings is 1. The molecule has 2 heterocycles. The number of nitrogens with zero attached hydrogens (tertiary/aromatic N) is 1. The average molecular weight is 440 g/mol. The van der Waals surface area contributed by atoms with Crippen LogP contribution >= 0.6 is 11.3 Å². The predicted octanol–water partition coefficient (Wildman–Crippen LogP) is 2.91. The lowest BCUT2D eigenvalue weighted by atomic mass is 10.1. The van der Waals surface area contributed by atoms with Gasteiger partial charge in [0, 0.05) is 16.5 Å². The molecule has 1 aromatic heterocycles. The fraction of sp³-hybridized carbons (Fsp3) is 0.450. The van der Waals surface area contributed by atoms with Gasteiger partial charge in [-0.15, -0.1) is 11.3 Å². The summed E-state index contributed by atoms with van der Waals surface area (Å²) in [6, 6.07) is 4.82. The van der Waals surface area contributed by atoms with Gasteiger partial charge in [-0.3, -0.25) is 4.79 Å². The third-order valence-corrected chi connectivity index (χ3v) is 7.86. The second kappa shape index (κ2) is 8.62. The summed E-state index contributed by atoms with van der Waals surface area (Å²) in [6.07, 6.45) is 0.433.